The lowest BCUT2D eigenvalue weighted by atomic mass is 10.1. The molecule has 0 radical (unpaired) electrons. The SMILES string of the molecule is CC(=O)CC[C@H]1CN(c2cc(F)c(N3CCON(C(C)=S)CC3)c(F)c2)C(=O)O1. The zero-order valence-corrected chi connectivity index (χ0v) is 17.1. The van der Waals surface area contributed by atoms with E-state index in [9.17, 15) is 18.4 Å². The first-order chi connectivity index (χ1) is 13.8. The Hall–Kier alpha value is -2.33. The van der Waals surface area contributed by atoms with Crippen molar-refractivity contribution in [3.63, 3.8) is 0 Å². The molecule has 2 aliphatic heterocycles. The van der Waals surface area contributed by atoms with Crippen molar-refractivity contribution in [2.24, 2.45) is 0 Å². The van der Waals surface area contributed by atoms with Gasteiger partial charge in [-0.1, -0.05) is 12.2 Å². The molecule has 2 aliphatic rings. The van der Waals surface area contributed by atoms with Crippen molar-refractivity contribution in [2.45, 2.75) is 32.8 Å². The molecule has 7 nitrogen and oxygen atoms in total. The number of hydrogen-bond acceptors (Lipinski definition) is 6. The first-order valence-electron chi connectivity index (χ1n) is 9.39. The summed E-state index contributed by atoms with van der Waals surface area (Å²) in [4.78, 5) is 32.0. The molecule has 0 N–H and O–H groups in total. The van der Waals surface area contributed by atoms with Crippen LogP contribution >= 0.6 is 12.2 Å². The number of anilines is 2. The molecule has 0 saturated carbocycles. The molecule has 0 aromatic heterocycles. The lowest BCUT2D eigenvalue weighted by Gasteiger charge is -2.24. The van der Waals surface area contributed by atoms with Gasteiger partial charge in [-0.2, -0.15) is 0 Å². The topological polar surface area (TPSA) is 62.3 Å². The van der Waals surface area contributed by atoms with Crippen LogP contribution in [0.2, 0.25) is 0 Å². The van der Waals surface area contributed by atoms with Gasteiger partial charge in [0.2, 0.25) is 0 Å². The minimum absolute atomic E-state index is 0.00947. The number of benzene rings is 1. The van der Waals surface area contributed by atoms with Gasteiger partial charge in [-0.25, -0.2) is 18.6 Å². The van der Waals surface area contributed by atoms with Crippen LogP contribution in [0.15, 0.2) is 12.1 Å². The lowest BCUT2D eigenvalue weighted by Crippen LogP contribution is -2.33. The Morgan fingerprint density at radius 3 is 2.52 bits per heavy atom. The zero-order chi connectivity index (χ0) is 21.1. The molecule has 2 fully saturated rings. The highest BCUT2D eigenvalue weighted by Crippen LogP contribution is 2.32. The molecule has 1 amide bonds. The van der Waals surface area contributed by atoms with E-state index < -0.39 is 23.8 Å². The van der Waals surface area contributed by atoms with Crippen LogP contribution in [0.4, 0.5) is 25.0 Å². The number of carbonyl (C=O) groups excluding carboxylic acids is 2. The number of ketones is 1. The summed E-state index contributed by atoms with van der Waals surface area (Å²) in [6.07, 6.45) is -0.503. The summed E-state index contributed by atoms with van der Waals surface area (Å²) in [5.74, 6) is -1.55. The number of Topliss-reactive ketones (excluding diaryl/α,β-unsaturated/α-hetero) is 1. The second kappa shape index (κ2) is 9.00. The van der Waals surface area contributed by atoms with Crippen molar-refractivity contribution >= 4 is 40.5 Å². The molecule has 1 aromatic rings. The Morgan fingerprint density at radius 1 is 1.21 bits per heavy atom. The van der Waals surface area contributed by atoms with E-state index in [0.29, 0.717) is 31.0 Å². The first-order valence-corrected chi connectivity index (χ1v) is 9.79. The van der Waals surface area contributed by atoms with E-state index in [4.69, 9.17) is 21.8 Å². The van der Waals surface area contributed by atoms with Gasteiger partial charge in [0.1, 0.15) is 22.6 Å². The monoisotopic (exact) mass is 427 g/mol. The van der Waals surface area contributed by atoms with Gasteiger partial charge in [0.25, 0.3) is 0 Å². The van der Waals surface area contributed by atoms with Crippen molar-refractivity contribution < 1.29 is 27.9 Å². The molecule has 29 heavy (non-hydrogen) atoms. The standard InChI is InChI=1S/C19H23F2N3O4S/c1-12(25)3-4-15-11-23(19(26)28-15)14-9-16(20)18(17(21)10-14)22-5-6-24(13(2)29)27-8-7-22/h9-10,15H,3-8,11H2,1-2H3/t15-/m0/s1. The quantitative estimate of drug-likeness (QED) is 0.670. The van der Waals surface area contributed by atoms with Crippen molar-refractivity contribution in [3.8, 4) is 0 Å². The van der Waals surface area contributed by atoms with E-state index in [0.717, 1.165) is 12.1 Å². The number of hydrogen-bond donors (Lipinski definition) is 0. The highest BCUT2D eigenvalue weighted by molar-refractivity contribution is 7.80. The molecular weight excluding hydrogens is 404 g/mol. The third-order valence-corrected chi connectivity index (χ3v) is 5.06. The normalized spacial score (nSPS) is 19.9. The minimum Gasteiger partial charge on any atom is -0.444 e. The maximum Gasteiger partial charge on any atom is 0.414 e. The van der Waals surface area contributed by atoms with Crippen molar-refractivity contribution in [1.82, 2.24) is 5.06 Å². The molecular formula is C19H23F2N3O4S. The maximum atomic E-state index is 14.8. The zero-order valence-electron chi connectivity index (χ0n) is 16.3. The van der Waals surface area contributed by atoms with Crippen LogP contribution < -0.4 is 9.80 Å². The van der Waals surface area contributed by atoms with E-state index in [1.54, 1.807) is 11.8 Å². The molecule has 0 unspecified atom stereocenters. The predicted octanol–water partition coefficient (Wildman–Crippen LogP) is 3.06. The summed E-state index contributed by atoms with van der Waals surface area (Å²) in [5.41, 5.74) is -0.0802. The number of hydroxylamine groups is 2. The number of halogens is 2. The molecule has 0 spiro atoms. The molecule has 0 bridgehead atoms. The van der Waals surface area contributed by atoms with Gasteiger partial charge in [-0.3, -0.25) is 9.74 Å². The summed E-state index contributed by atoms with van der Waals surface area (Å²) in [6.45, 7) is 4.58. The molecule has 10 heteroatoms. The van der Waals surface area contributed by atoms with Crippen LogP contribution in [-0.2, 0) is 14.4 Å². The Bertz CT molecular complexity index is 800. The Labute approximate surface area is 173 Å². The van der Waals surface area contributed by atoms with Crippen LogP contribution in [0.5, 0.6) is 0 Å². The molecule has 0 aliphatic carbocycles. The summed E-state index contributed by atoms with van der Waals surface area (Å²) < 4.78 is 34.9. The fourth-order valence-corrected chi connectivity index (χ4v) is 3.52. The molecule has 3 rings (SSSR count). The van der Waals surface area contributed by atoms with Crippen LogP contribution in [-0.4, -0.2) is 60.8 Å². The van der Waals surface area contributed by atoms with Crippen molar-refractivity contribution in [1.29, 1.82) is 0 Å². The summed E-state index contributed by atoms with van der Waals surface area (Å²) in [7, 11) is 0. The highest BCUT2D eigenvalue weighted by atomic mass is 32.1. The van der Waals surface area contributed by atoms with E-state index in [2.05, 4.69) is 0 Å². The fraction of sp³-hybridized carbons (Fsp3) is 0.526. The van der Waals surface area contributed by atoms with E-state index in [1.807, 2.05) is 0 Å². The average Bonchev–Trinajstić information content (AvgIpc) is 2.85. The summed E-state index contributed by atoms with van der Waals surface area (Å²) >= 11 is 5.08. The number of nitrogens with zero attached hydrogens (tertiary/aromatic N) is 3. The molecule has 2 heterocycles. The lowest BCUT2D eigenvalue weighted by molar-refractivity contribution is -0.117. The van der Waals surface area contributed by atoms with Crippen molar-refractivity contribution in [3.05, 3.63) is 23.8 Å². The molecule has 1 atom stereocenters. The van der Waals surface area contributed by atoms with Gasteiger partial charge >= 0.3 is 6.09 Å². The second-order valence-electron chi connectivity index (χ2n) is 7.06. The van der Waals surface area contributed by atoms with E-state index in [-0.39, 0.29) is 36.7 Å². The van der Waals surface area contributed by atoms with Crippen LogP contribution in [0.3, 0.4) is 0 Å². The van der Waals surface area contributed by atoms with Crippen LogP contribution in [0, 0.1) is 11.6 Å². The van der Waals surface area contributed by atoms with Gasteiger partial charge < -0.3 is 14.4 Å². The number of amides is 1. The van der Waals surface area contributed by atoms with Crippen LogP contribution in [0.1, 0.15) is 26.7 Å². The summed E-state index contributed by atoms with van der Waals surface area (Å²) in [5, 5.41) is 1.53. The molecule has 2 saturated heterocycles. The second-order valence-corrected chi connectivity index (χ2v) is 7.65. The number of thiocarbonyl (C=S) groups is 1. The summed E-state index contributed by atoms with van der Waals surface area (Å²) in [6, 6.07) is 2.25. The van der Waals surface area contributed by atoms with Gasteiger partial charge in [0.05, 0.1) is 25.4 Å². The number of cyclic esters (lactones) is 1. The molecule has 1 aromatic carbocycles. The van der Waals surface area contributed by atoms with Gasteiger partial charge in [0.15, 0.2) is 11.6 Å². The third-order valence-electron chi connectivity index (χ3n) is 4.85. The fourth-order valence-electron chi connectivity index (χ4n) is 3.38. The Kier molecular flexibility index (Phi) is 6.63. The first kappa shape index (κ1) is 21.4. The number of rotatable bonds is 5. The molecule has 158 valence electrons. The smallest absolute Gasteiger partial charge is 0.414 e. The van der Waals surface area contributed by atoms with Crippen molar-refractivity contribution in [2.75, 3.05) is 42.6 Å². The van der Waals surface area contributed by atoms with Gasteiger partial charge in [-0.05, 0) is 20.3 Å². The van der Waals surface area contributed by atoms with E-state index >= 15 is 0 Å². The highest BCUT2D eigenvalue weighted by Gasteiger charge is 2.33. The maximum absolute atomic E-state index is 14.8. The Morgan fingerprint density at radius 2 is 1.90 bits per heavy atom. The largest absolute Gasteiger partial charge is 0.444 e. The average molecular weight is 427 g/mol. The Balaban J connectivity index is 1.75. The predicted molar refractivity (Wildman–Crippen MR) is 107 cm³/mol. The van der Waals surface area contributed by atoms with Crippen LogP contribution in [0.25, 0.3) is 0 Å². The van der Waals surface area contributed by atoms with Gasteiger partial charge in [0, 0.05) is 31.6 Å². The van der Waals surface area contributed by atoms with Gasteiger partial charge in [-0.15, -0.1) is 0 Å². The number of carbonyl (C=O) groups is 2. The third kappa shape index (κ3) is 4.99. The van der Waals surface area contributed by atoms with E-state index in [1.165, 1.54) is 16.9 Å². The number of ether oxygens (including phenoxy) is 1. The minimum atomic E-state index is -0.771.